The molecule has 0 saturated heterocycles. The monoisotopic (exact) mass is 212 g/mol. The second-order valence-electron chi connectivity index (χ2n) is 2.95. The molecule has 1 aromatic carbocycles. The molecular weight excluding hydrogens is 202 g/mol. The number of carbonyl (C=O) groups is 1. The Morgan fingerprint density at radius 3 is 2.64 bits per heavy atom. The Kier molecular flexibility index (Phi) is 3.38. The number of benzene rings is 1. The van der Waals surface area contributed by atoms with Crippen molar-refractivity contribution in [2.24, 2.45) is 5.73 Å². The van der Waals surface area contributed by atoms with Crippen LogP contribution >= 0.6 is 0 Å². The van der Waals surface area contributed by atoms with Crippen LogP contribution in [0.2, 0.25) is 0 Å². The van der Waals surface area contributed by atoms with Crippen molar-refractivity contribution in [1.82, 2.24) is 0 Å². The number of amides is 1. The lowest BCUT2D eigenvalue weighted by Gasteiger charge is -2.08. The summed E-state index contributed by atoms with van der Waals surface area (Å²) in [4.78, 5) is 10.8. The maximum Gasteiger partial charge on any atom is 0.248 e. The van der Waals surface area contributed by atoms with E-state index < -0.39 is 17.0 Å². The highest BCUT2D eigenvalue weighted by molar-refractivity contribution is 7.78. The summed E-state index contributed by atoms with van der Waals surface area (Å²) in [6.45, 7) is 1.74. The summed E-state index contributed by atoms with van der Waals surface area (Å²) in [6.07, 6.45) is 0. The van der Waals surface area contributed by atoms with E-state index in [9.17, 15) is 13.6 Å². The lowest BCUT2D eigenvalue weighted by molar-refractivity contribution is 0.1000. The number of nitrogens with two attached hydrogens (primary N) is 1. The first-order valence-electron chi connectivity index (χ1n) is 3.96. The fourth-order valence-electron chi connectivity index (χ4n) is 1.14. The van der Waals surface area contributed by atoms with Crippen LogP contribution in [0.4, 0.5) is 0 Å². The molecule has 0 aliphatic carbocycles. The van der Waals surface area contributed by atoms with E-state index in [0.29, 0.717) is 11.1 Å². The molecule has 0 saturated carbocycles. The topological polar surface area (TPSA) is 83.2 Å². The zero-order valence-electron chi connectivity index (χ0n) is 7.65. The van der Waals surface area contributed by atoms with Crippen LogP contribution in [0.1, 0.15) is 21.5 Å². The molecule has 0 bridgehead atoms. The summed E-state index contributed by atoms with van der Waals surface area (Å²) < 4.78 is 20.9. The van der Waals surface area contributed by atoms with Crippen LogP contribution in [-0.2, 0) is 16.8 Å². The number of hydrogen-bond donors (Lipinski definition) is 1. The van der Waals surface area contributed by atoms with Gasteiger partial charge in [-0.05, 0) is 30.2 Å². The Labute approximate surface area is 84.4 Å². The average molecular weight is 212 g/mol. The molecule has 2 N–H and O–H groups in total. The van der Waals surface area contributed by atoms with E-state index in [1.165, 1.54) is 6.07 Å². The van der Waals surface area contributed by atoms with Crippen LogP contribution in [0.15, 0.2) is 18.2 Å². The molecule has 1 unspecified atom stereocenters. The minimum absolute atomic E-state index is 0.0368. The van der Waals surface area contributed by atoms with E-state index in [2.05, 4.69) is 0 Å². The van der Waals surface area contributed by atoms with E-state index in [-0.39, 0.29) is 5.75 Å². The van der Waals surface area contributed by atoms with Gasteiger partial charge in [-0.1, -0.05) is 17.1 Å². The zero-order valence-corrected chi connectivity index (χ0v) is 8.47. The standard InChI is InChI=1S/C9H11NO3S/c1-6-4-7(9(10)11)2-3-8(6)5-14(12)13/h2-4H,5H2,1H3,(H2,10,11)(H,12,13)/p-1. The van der Waals surface area contributed by atoms with Crippen LogP contribution in [-0.4, -0.2) is 14.7 Å². The summed E-state index contributed by atoms with van der Waals surface area (Å²) in [6, 6.07) is 4.72. The molecule has 0 radical (unpaired) electrons. The average Bonchev–Trinajstić information content (AvgIpc) is 2.07. The van der Waals surface area contributed by atoms with Gasteiger partial charge in [0.1, 0.15) is 0 Å². The van der Waals surface area contributed by atoms with E-state index >= 15 is 0 Å². The van der Waals surface area contributed by atoms with Gasteiger partial charge in [0, 0.05) is 11.3 Å². The second-order valence-corrected chi connectivity index (χ2v) is 3.85. The Hall–Kier alpha value is -1.20. The molecule has 1 aromatic rings. The number of primary amides is 1. The van der Waals surface area contributed by atoms with Gasteiger partial charge in [0.25, 0.3) is 0 Å². The van der Waals surface area contributed by atoms with E-state index in [0.717, 1.165) is 5.56 Å². The predicted octanol–water partition coefficient (Wildman–Crippen LogP) is 0.473. The van der Waals surface area contributed by atoms with Crippen molar-refractivity contribution in [1.29, 1.82) is 0 Å². The van der Waals surface area contributed by atoms with E-state index in [4.69, 9.17) is 5.73 Å². The highest BCUT2D eigenvalue weighted by atomic mass is 32.2. The van der Waals surface area contributed by atoms with E-state index in [1.807, 2.05) is 0 Å². The largest absolute Gasteiger partial charge is 0.772 e. The highest BCUT2D eigenvalue weighted by Crippen LogP contribution is 2.12. The van der Waals surface area contributed by atoms with Crippen molar-refractivity contribution < 1.29 is 13.6 Å². The highest BCUT2D eigenvalue weighted by Gasteiger charge is 2.03. The molecule has 1 atom stereocenters. The normalized spacial score (nSPS) is 12.4. The molecule has 76 valence electrons. The van der Waals surface area contributed by atoms with Crippen LogP contribution in [0.5, 0.6) is 0 Å². The zero-order chi connectivity index (χ0) is 10.7. The quantitative estimate of drug-likeness (QED) is 0.739. The molecule has 0 fully saturated rings. The number of hydrogen-bond acceptors (Lipinski definition) is 3. The fourth-order valence-corrected chi connectivity index (χ4v) is 1.72. The Morgan fingerprint density at radius 1 is 1.57 bits per heavy atom. The third-order valence-electron chi connectivity index (χ3n) is 1.90. The summed E-state index contributed by atoms with van der Waals surface area (Å²) >= 11 is -2.11. The molecule has 0 spiro atoms. The summed E-state index contributed by atoms with van der Waals surface area (Å²) in [5.41, 5.74) is 6.90. The van der Waals surface area contributed by atoms with Crippen LogP contribution in [0.25, 0.3) is 0 Å². The molecule has 4 nitrogen and oxygen atoms in total. The van der Waals surface area contributed by atoms with Gasteiger partial charge in [-0.15, -0.1) is 0 Å². The number of carbonyl (C=O) groups excluding carboxylic acids is 1. The Balaban J connectivity index is 3.01. The van der Waals surface area contributed by atoms with Gasteiger partial charge in [0.2, 0.25) is 5.91 Å². The van der Waals surface area contributed by atoms with Crippen molar-refractivity contribution in [2.75, 3.05) is 0 Å². The Bertz CT molecular complexity index is 390. The molecule has 0 aromatic heterocycles. The van der Waals surface area contributed by atoms with Gasteiger partial charge < -0.3 is 10.3 Å². The van der Waals surface area contributed by atoms with Gasteiger partial charge in [0.05, 0.1) is 0 Å². The predicted molar refractivity (Wildman–Crippen MR) is 52.3 cm³/mol. The minimum atomic E-state index is -2.11. The summed E-state index contributed by atoms with van der Waals surface area (Å²) in [5.74, 6) is -0.548. The second kappa shape index (κ2) is 4.34. The maximum absolute atomic E-state index is 10.8. The van der Waals surface area contributed by atoms with Crippen molar-refractivity contribution in [3.05, 3.63) is 34.9 Å². The van der Waals surface area contributed by atoms with Crippen molar-refractivity contribution in [2.45, 2.75) is 12.7 Å². The van der Waals surface area contributed by atoms with Gasteiger partial charge >= 0.3 is 0 Å². The lowest BCUT2D eigenvalue weighted by atomic mass is 10.1. The SMILES string of the molecule is Cc1cc(C(N)=O)ccc1CS(=O)[O-]. The van der Waals surface area contributed by atoms with Gasteiger partial charge in [-0.25, -0.2) is 0 Å². The van der Waals surface area contributed by atoms with Crippen LogP contribution < -0.4 is 5.73 Å². The van der Waals surface area contributed by atoms with Crippen molar-refractivity contribution in [3.63, 3.8) is 0 Å². The maximum atomic E-state index is 10.8. The van der Waals surface area contributed by atoms with Gasteiger partial charge in [-0.2, -0.15) is 0 Å². The molecule has 0 heterocycles. The minimum Gasteiger partial charge on any atom is -0.772 e. The third-order valence-corrected chi connectivity index (χ3v) is 2.45. The van der Waals surface area contributed by atoms with Crippen LogP contribution in [0, 0.1) is 6.92 Å². The number of aryl methyl sites for hydroxylation is 1. The molecule has 14 heavy (non-hydrogen) atoms. The van der Waals surface area contributed by atoms with Crippen molar-refractivity contribution >= 4 is 17.0 Å². The first-order chi connectivity index (χ1) is 6.50. The van der Waals surface area contributed by atoms with Crippen molar-refractivity contribution in [3.8, 4) is 0 Å². The first-order valence-corrected chi connectivity index (χ1v) is 5.20. The molecule has 0 aliphatic rings. The molecule has 1 rings (SSSR count). The van der Waals surface area contributed by atoms with Crippen LogP contribution in [0.3, 0.4) is 0 Å². The van der Waals surface area contributed by atoms with Gasteiger partial charge in [0.15, 0.2) is 0 Å². The van der Waals surface area contributed by atoms with Gasteiger partial charge in [-0.3, -0.25) is 9.00 Å². The Morgan fingerprint density at radius 2 is 2.21 bits per heavy atom. The fraction of sp³-hybridized carbons (Fsp3) is 0.222. The molecule has 1 amide bonds. The number of rotatable bonds is 3. The first kappa shape index (κ1) is 10.9. The van der Waals surface area contributed by atoms with E-state index in [1.54, 1.807) is 19.1 Å². The smallest absolute Gasteiger partial charge is 0.248 e. The molecular formula is C9H10NO3S-. The summed E-state index contributed by atoms with van der Waals surface area (Å²) in [5, 5.41) is 0. The molecule has 5 heteroatoms. The molecule has 0 aliphatic heterocycles. The summed E-state index contributed by atoms with van der Waals surface area (Å²) in [7, 11) is 0. The lowest BCUT2D eigenvalue weighted by Crippen LogP contribution is -2.11. The third kappa shape index (κ3) is 2.65.